The summed E-state index contributed by atoms with van der Waals surface area (Å²) >= 11 is 0. The first-order chi connectivity index (χ1) is 4.95. The lowest BCUT2D eigenvalue weighted by Gasteiger charge is -2.03. The summed E-state index contributed by atoms with van der Waals surface area (Å²) in [7, 11) is 1.15. The van der Waals surface area contributed by atoms with Crippen molar-refractivity contribution < 1.29 is 22.7 Å². The molecule has 0 rings (SSSR count). The maximum Gasteiger partial charge on any atom is 0.389 e. The molecule has 0 saturated carbocycles. The molecule has 0 bridgehead atoms. The highest BCUT2D eigenvalue weighted by Gasteiger charge is 2.26. The molecule has 0 aliphatic carbocycles. The second kappa shape index (κ2) is 4.20. The first-order valence-electron chi connectivity index (χ1n) is 3.09. The second-order valence-electron chi connectivity index (χ2n) is 2.04. The summed E-state index contributed by atoms with van der Waals surface area (Å²) in [6.45, 7) is 0. The molecule has 0 aliphatic rings. The minimum absolute atomic E-state index is 0.171. The van der Waals surface area contributed by atoms with Crippen LogP contribution in [0.25, 0.3) is 0 Å². The average Bonchev–Trinajstić information content (AvgIpc) is 1.85. The summed E-state index contributed by atoms with van der Waals surface area (Å²) in [6.07, 6.45) is -5.47. The molecular weight excluding hydrogens is 161 g/mol. The Labute approximate surface area is 62.3 Å². The molecular formula is C6H9F3O2. The van der Waals surface area contributed by atoms with Gasteiger partial charge < -0.3 is 4.74 Å². The number of halogens is 3. The van der Waals surface area contributed by atoms with Crippen LogP contribution in [0, 0.1) is 0 Å². The van der Waals surface area contributed by atoms with E-state index in [9.17, 15) is 18.0 Å². The van der Waals surface area contributed by atoms with Crippen molar-refractivity contribution in [3.05, 3.63) is 0 Å². The zero-order valence-electron chi connectivity index (χ0n) is 6.07. The molecule has 0 aromatic heterocycles. The Hall–Kier alpha value is -0.740. The monoisotopic (exact) mass is 170 g/mol. The molecule has 0 N–H and O–H groups in total. The minimum Gasteiger partial charge on any atom is -0.469 e. The Morgan fingerprint density at radius 3 is 2.36 bits per heavy atom. The van der Waals surface area contributed by atoms with Crippen LogP contribution in [0.15, 0.2) is 0 Å². The summed E-state index contributed by atoms with van der Waals surface area (Å²) in [4.78, 5) is 10.3. The fraction of sp³-hybridized carbons (Fsp3) is 0.833. The molecule has 5 heteroatoms. The van der Waals surface area contributed by atoms with Crippen LogP contribution in [0.2, 0.25) is 0 Å². The Bertz CT molecular complexity index is 130. The third-order valence-corrected chi connectivity index (χ3v) is 1.07. The Balaban J connectivity index is 3.35. The van der Waals surface area contributed by atoms with Gasteiger partial charge in [0.15, 0.2) is 0 Å². The van der Waals surface area contributed by atoms with E-state index in [2.05, 4.69) is 4.74 Å². The predicted octanol–water partition coefficient (Wildman–Crippen LogP) is 1.89. The number of esters is 1. The molecule has 0 unspecified atom stereocenters. The van der Waals surface area contributed by atoms with Crippen molar-refractivity contribution in [2.24, 2.45) is 0 Å². The van der Waals surface area contributed by atoms with Gasteiger partial charge in [-0.05, 0) is 6.42 Å². The smallest absolute Gasteiger partial charge is 0.389 e. The van der Waals surface area contributed by atoms with Crippen molar-refractivity contribution in [1.82, 2.24) is 0 Å². The van der Waals surface area contributed by atoms with Gasteiger partial charge in [0.05, 0.1) is 7.11 Å². The fourth-order valence-corrected chi connectivity index (χ4v) is 0.535. The molecule has 0 amide bonds. The molecule has 11 heavy (non-hydrogen) atoms. The molecule has 0 fully saturated rings. The minimum atomic E-state index is -4.17. The lowest BCUT2D eigenvalue weighted by Crippen LogP contribution is -2.08. The van der Waals surface area contributed by atoms with Crippen LogP contribution in [0.4, 0.5) is 13.2 Å². The third kappa shape index (κ3) is 7.15. The van der Waals surface area contributed by atoms with Crippen LogP contribution in [-0.4, -0.2) is 19.3 Å². The van der Waals surface area contributed by atoms with E-state index < -0.39 is 18.6 Å². The third-order valence-electron chi connectivity index (χ3n) is 1.07. The number of alkyl halides is 3. The van der Waals surface area contributed by atoms with Crippen LogP contribution < -0.4 is 0 Å². The first-order valence-corrected chi connectivity index (χ1v) is 3.09. The number of carbonyl (C=O) groups is 1. The van der Waals surface area contributed by atoms with Gasteiger partial charge in [0, 0.05) is 12.8 Å². The van der Waals surface area contributed by atoms with Gasteiger partial charge in [-0.25, -0.2) is 0 Å². The highest BCUT2D eigenvalue weighted by Crippen LogP contribution is 2.22. The number of methoxy groups -OCH3 is 1. The molecule has 0 atom stereocenters. The van der Waals surface area contributed by atoms with Gasteiger partial charge in [0.25, 0.3) is 0 Å². The zero-order valence-corrected chi connectivity index (χ0v) is 6.07. The van der Waals surface area contributed by atoms with Gasteiger partial charge in [-0.3, -0.25) is 4.79 Å². The maximum atomic E-state index is 11.5. The van der Waals surface area contributed by atoms with Crippen LogP contribution in [0.5, 0.6) is 0 Å². The van der Waals surface area contributed by atoms with Crippen LogP contribution >= 0.6 is 0 Å². The van der Waals surface area contributed by atoms with Crippen LogP contribution in [0.1, 0.15) is 19.3 Å². The number of hydrogen-bond acceptors (Lipinski definition) is 2. The predicted molar refractivity (Wildman–Crippen MR) is 31.9 cm³/mol. The molecule has 0 aromatic carbocycles. The molecule has 0 radical (unpaired) electrons. The van der Waals surface area contributed by atoms with Crippen molar-refractivity contribution in [3.63, 3.8) is 0 Å². The fourth-order valence-electron chi connectivity index (χ4n) is 0.535. The number of ether oxygens (including phenoxy) is 1. The van der Waals surface area contributed by atoms with Crippen molar-refractivity contribution in [2.75, 3.05) is 7.11 Å². The van der Waals surface area contributed by atoms with Gasteiger partial charge in [-0.15, -0.1) is 0 Å². The van der Waals surface area contributed by atoms with E-state index in [1.807, 2.05) is 0 Å². The summed E-state index contributed by atoms with van der Waals surface area (Å²) in [5, 5.41) is 0. The highest BCUT2D eigenvalue weighted by molar-refractivity contribution is 5.68. The van der Waals surface area contributed by atoms with Gasteiger partial charge in [0.1, 0.15) is 0 Å². The summed E-state index contributed by atoms with van der Waals surface area (Å²) in [5.41, 5.74) is 0. The summed E-state index contributed by atoms with van der Waals surface area (Å²) in [6, 6.07) is 0. The zero-order chi connectivity index (χ0) is 8.91. The quantitative estimate of drug-likeness (QED) is 0.604. The molecule has 66 valence electrons. The van der Waals surface area contributed by atoms with E-state index in [4.69, 9.17) is 0 Å². The average molecular weight is 170 g/mol. The molecule has 0 aromatic rings. The van der Waals surface area contributed by atoms with Crippen molar-refractivity contribution in [3.8, 4) is 0 Å². The molecule has 0 heterocycles. The normalized spacial score (nSPS) is 11.3. The van der Waals surface area contributed by atoms with Crippen molar-refractivity contribution in [2.45, 2.75) is 25.4 Å². The van der Waals surface area contributed by atoms with E-state index in [0.29, 0.717) is 0 Å². The lowest BCUT2D eigenvalue weighted by molar-refractivity contribution is -0.145. The second-order valence-corrected chi connectivity index (χ2v) is 2.04. The number of hydrogen-bond donors (Lipinski definition) is 0. The van der Waals surface area contributed by atoms with E-state index >= 15 is 0 Å². The van der Waals surface area contributed by atoms with Gasteiger partial charge in [-0.2, -0.15) is 13.2 Å². The highest BCUT2D eigenvalue weighted by atomic mass is 19.4. The standard InChI is InChI=1S/C6H9F3O2/c1-11-5(10)3-2-4-6(7,8)9/h2-4H2,1H3. The Morgan fingerprint density at radius 1 is 1.45 bits per heavy atom. The SMILES string of the molecule is COC(=O)CCCC(F)(F)F. The molecule has 0 aliphatic heterocycles. The van der Waals surface area contributed by atoms with Crippen molar-refractivity contribution in [1.29, 1.82) is 0 Å². The molecule has 0 saturated heterocycles. The summed E-state index contributed by atoms with van der Waals surface area (Å²) < 4.78 is 38.5. The Morgan fingerprint density at radius 2 is 2.00 bits per heavy atom. The van der Waals surface area contributed by atoms with E-state index in [1.54, 1.807) is 0 Å². The van der Waals surface area contributed by atoms with E-state index in [-0.39, 0.29) is 12.8 Å². The first kappa shape index (κ1) is 10.3. The molecule has 2 nitrogen and oxygen atoms in total. The lowest BCUT2D eigenvalue weighted by atomic mass is 10.2. The molecule has 0 spiro atoms. The maximum absolute atomic E-state index is 11.5. The number of rotatable bonds is 3. The Kier molecular flexibility index (Phi) is 3.92. The largest absolute Gasteiger partial charge is 0.469 e. The van der Waals surface area contributed by atoms with Gasteiger partial charge in [0.2, 0.25) is 0 Å². The van der Waals surface area contributed by atoms with Gasteiger partial charge >= 0.3 is 12.1 Å². The van der Waals surface area contributed by atoms with E-state index in [0.717, 1.165) is 7.11 Å². The van der Waals surface area contributed by atoms with E-state index in [1.165, 1.54) is 0 Å². The van der Waals surface area contributed by atoms with Crippen LogP contribution in [-0.2, 0) is 9.53 Å². The summed E-state index contributed by atoms with van der Waals surface area (Å²) in [5.74, 6) is -0.603. The van der Waals surface area contributed by atoms with Gasteiger partial charge in [-0.1, -0.05) is 0 Å². The number of carbonyl (C=O) groups excluding carboxylic acids is 1. The van der Waals surface area contributed by atoms with Crippen LogP contribution in [0.3, 0.4) is 0 Å². The van der Waals surface area contributed by atoms with Crippen molar-refractivity contribution >= 4 is 5.97 Å². The topological polar surface area (TPSA) is 26.3 Å².